The Hall–Kier alpha value is -2.92. The van der Waals surface area contributed by atoms with E-state index in [1.165, 1.54) is 0 Å². The van der Waals surface area contributed by atoms with Crippen molar-refractivity contribution in [3.63, 3.8) is 0 Å². The molecule has 2 aromatic carbocycles. The summed E-state index contributed by atoms with van der Waals surface area (Å²) in [4.78, 5) is 16.8. The second-order valence-electron chi connectivity index (χ2n) is 5.77. The molecule has 124 valence electrons. The molecule has 1 N–H and O–H groups in total. The van der Waals surface area contributed by atoms with Crippen molar-refractivity contribution in [3.8, 4) is 10.6 Å². The van der Waals surface area contributed by atoms with Crippen molar-refractivity contribution in [2.45, 2.75) is 13.5 Å². The Morgan fingerprint density at radius 2 is 2.08 bits per heavy atom. The van der Waals surface area contributed by atoms with Gasteiger partial charge in [-0.1, -0.05) is 36.4 Å². The fourth-order valence-corrected chi connectivity index (χ4v) is 3.47. The van der Waals surface area contributed by atoms with Crippen molar-refractivity contribution in [2.75, 3.05) is 0 Å². The van der Waals surface area contributed by atoms with Gasteiger partial charge in [-0.05, 0) is 24.6 Å². The lowest BCUT2D eigenvalue weighted by molar-refractivity contribution is 0.0924. The van der Waals surface area contributed by atoms with Gasteiger partial charge in [-0.25, -0.2) is 4.98 Å². The van der Waals surface area contributed by atoms with Crippen LogP contribution in [0.4, 0.5) is 0 Å². The molecule has 0 radical (unpaired) electrons. The number of hydrogen-bond acceptors (Lipinski definition) is 4. The summed E-state index contributed by atoms with van der Waals surface area (Å²) in [6.07, 6.45) is 1.79. The minimum Gasteiger partial charge on any atom is -0.451 e. The van der Waals surface area contributed by atoms with E-state index in [2.05, 4.69) is 10.3 Å². The first-order chi connectivity index (χ1) is 12.2. The molecule has 0 saturated carbocycles. The Balaban J connectivity index is 1.52. The molecule has 0 bridgehead atoms. The topological polar surface area (TPSA) is 55.1 Å². The Morgan fingerprint density at radius 1 is 1.20 bits per heavy atom. The number of carbonyl (C=O) groups is 1. The van der Waals surface area contributed by atoms with Crippen molar-refractivity contribution in [3.05, 3.63) is 77.0 Å². The zero-order chi connectivity index (χ0) is 17.2. The summed E-state index contributed by atoms with van der Waals surface area (Å²) in [6.45, 7) is 2.35. The number of rotatable bonds is 4. The Kier molecular flexibility index (Phi) is 4.07. The first-order valence-electron chi connectivity index (χ1n) is 7.97. The molecule has 4 nitrogen and oxygen atoms in total. The monoisotopic (exact) mass is 348 g/mol. The molecule has 0 unspecified atom stereocenters. The van der Waals surface area contributed by atoms with Crippen LogP contribution in [0.2, 0.25) is 0 Å². The summed E-state index contributed by atoms with van der Waals surface area (Å²) < 4.78 is 5.71. The summed E-state index contributed by atoms with van der Waals surface area (Å²) in [5.41, 5.74) is 3.68. The molecule has 25 heavy (non-hydrogen) atoms. The van der Waals surface area contributed by atoms with E-state index in [9.17, 15) is 4.79 Å². The molecule has 0 aliphatic carbocycles. The van der Waals surface area contributed by atoms with Gasteiger partial charge in [0.25, 0.3) is 5.91 Å². The van der Waals surface area contributed by atoms with Gasteiger partial charge in [0.2, 0.25) is 0 Å². The number of thiazole rings is 1. The number of benzene rings is 2. The Labute approximate surface area is 149 Å². The SMILES string of the molecule is Cc1c(C(=O)NCc2cccc(-c3nccs3)c2)oc2ccccc12. The number of aryl methyl sites for hydroxylation is 1. The van der Waals surface area contributed by atoms with Gasteiger partial charge >= 0.3 is 0 Å². The van der Waals surface area contributed by atoms with Gasteiger partial charge in [0.05, 0.1) is 0 Å². The van der Waals surface area contributed by atoms with E-state index >= 15 is 0 Å². The quantitative estimate of drug-likeness (QED) is 0.577. The molecule has 0 saturated heterocycles. The predicted molar refractivity (Wildman–Crippen MR) is 99.7 cm³/mol. The lowest BCUT2D eigenvalue weighted by atomic mass is 10.1. The molecular weight excluding hydrogens is 332 g/mol. The maximum absolute atomic E-state index is 12.5. The number of furan rings is 1. The molecular formula is C20H16N2O2S. The van der Waals surface area contributed by atoms with Gasteiger partial charge in [-0.2, -0.15) is 0 Å². The van der Waals surface area contributed by atoms with Crippen LogP contribution in [0, 0.1) is 6.92 Å². The molecule has 0 spiro atoms. The first kappa shape index (κ1) is 15.6. The molecule has 1 amide bonds. The largest absolute Gasteiger partial charge is 0.451 e. The van der Waals surface area contributed by atoms with E-state index in [1.807, 2.05) is 60.8 Å². The van der Waals surface area contributed by atoms with Crippen LogP contribution in [0.1, 0.15) is 21.7 Å². The molecule has 0 aliphatic heterocycles. The summed E-state index contributed by atoms with van der Waals surface area (Å²) in [7, 11) is 0. The number of para-hydroxylation sites is 1. The smallest absolute Gasteiger partial charge is 0.287 e. The highest BCUT2D eigenvalue weighted by Gasteiger charge is 2.17. The third-order valence-corrected chi connectivity index (χ3v) is 4.93. The van der Waals surface area contributed by atoms with Gasteiger partial charge in [0, 0.05) is 34.6 Å². The number of nitrogens with one attached hydrogen (secondary N) is 1. The number of hydrogen-bond donors (Lipinski definition) is 1. The van der Waals surface area contributed by atoms with Crippen LogP contribution in [0.3, 0.4) is 0 Å². The molecule has 2 aromatic heterocycles. The van der Waals surface area contributed by atoms with Crippen LogP contribution in [0.5, 0.6) is 0 Å². The third-order valence-electron chi connectivity index (χ3n) is 4.11. The van der Waals surface area contributed by atoms with Gasteiger partial charge in [-0.3, -0.25) is 4.79 Å². The molecule has 0 aliphatic rings. The summed E-state index contributed by atoms with van der Waals surface area (Å²) >= 11 is 1.60. The zero-order valence-corrected chi connectivity index (χ0v) is 14.5. The molecule has 2 heterocycles. The minimum atomic E-state index is -0.201. The molecule has 0 fully saturated rings. The second-order valence-corrected chi connectivity index (χ2v) is 6.67. The lowest BCUT2D eigenvalue weighted by Gasteiger charge is -2.06. The van der Waals surface area contributed by atoms with Crippen LogP contribution >= 0.6 is 11.3 Å². The standard InChI is InChI=1S/C20H16N2O2S/c1-13-16-7-2-3-8-17(16)24-18(13)19(23)22-12-14-5-4-6-15(11-14)20-21-9-10-25-20/h2-11H,12H2,1H3,(H,22,23). The van der Waals surface area contributed by atoms with E-state index in [0.717, 1.165) is 32.7 Å². The van der Waals surface area contributed by atoms with Crippen molar-refractivity contribution in [1.29, 1.82) is 0 Å². The number of amides is 1. The number of fused-ring (bicyclic) bond motifs is 1. The first-order valence-corrected chi connectivity index (χ1v) is 8.85. The van der Waals surface area contributed by atoms with E-state index < -0.39 is 0 Å². The van der Waals surface area contributed by atoms with E-state index in [1.54, 1.807) is 17.5 Å². The van der Waals surface area contributed by atoms with Gasteiger partial charge < -0.3 is 9.73 Å². The molecule has 4 aromatic rings. The summed E-state index contributed by atoms with van der Waals surface area (Å²) in [5.74, 6) is 0.172. The van der Waals surface area contributed by atoms with Crippen LogP contribution < -0.4 is 5.32 Å². The normalized spacial score (nSPS) is 10.9. The van der Waals surface area contributed by atoms with E-state index in [-0.39, 0.29) is 5.91 Å². The highest BCUT2D eigenvalue weighted by atomic mass is 32.1. The van der Waals surface area contributed by atoms with Crippen LogP contribution in [-0.2, 0) is 6.54 Å². The molecule has 0 atom stereocenters. The highest BCUT2D eigenvalue weighted by Crippen LogP contribution is 2.25. The predicted octanol–water partition coefficient (Wildman–Crippen LogP) is 4.79. The summed E-state index contributed by atoms with van der Waals surface area (Å²) in [6, 6.07) is 15.7. The Morgan fingerprint density at radius 3 is 2.88 bits per heavy atom. The zero-order valence-electron chi connectivity index (χ0n) is 13.7. The second kappa shape index (κ2) is 6.53. The minimum absolute atomic E-state index is 0.201. The fraction of sp³-hybridized carbons (Fsp3) is 0.100. The van der Waals surface area contributed by atoms with Crippen LogP contribution in [0.15, 0.2) is 64.5 Å². The van der Waals surface area contributed by atoms with E-state index in [0.29, 0.717) is 12.3 Å². The number of nitrogens with zero attached hydrogens (tertiary/aromatic N) is 1. The van der Waals surface area contributed by atoms with Crippen molar-refractivity contribution in [2.24, 2.45) is 0 Å². The molecule has 5 heteroatoms. The van der Waals surface area contributed by atoms with Gasteiger partial charge in [-0.15, -0.1) is 11.3 Å². The van der Waals surface area contributed by atoms with Crippen molar-refractivity contribution < 1.29 is 9.21 Å². The maximum Gasteiger partial charge on any atom is 0.287 e. The number of carbonyl (C=O) groups excluding carboxylic acids is 1. The van der Waals surface area contributed by atoms with Crippen LogP contribution in [0.25, 0.3) is 21.5 Å². The van der Waals surface area contributed by atoms with Crippen molar-refractivity contribution >= 4 is 28.2 Å². The fourth-order valence-electron chi connectivity index (χ4n) is 2.83. The number of aromatic nitrogens is 1. The lowest BCUT2D eigenvalue weighted by Crippen LogP contribution is -2.22. The van der Waals surface area contributed by atoms with Crippen LogP contribution in [-0.4, -0.2) is 10.9 Å². The highest BCUT2D eigenvalue weighted by molar-refractivity contribution is 7.13. The van der Waals surface area contributed by atoms with Gasteiger partial charge in [0.1, 0.15) is 10.6 Å². The Bertz CT molecular complexity index is 1030. The summed E-state index contributed by atoms with van der Waals surface area (Å²) in [5, 5.41) is 6.84. The average molecular weight is 348 g/mol. The third kappa shape index (κ3) is 3.06. The molecule has 4 rings (SSSR count). The maximum atomic E-state index is 12.5. The average Bonchev–Trinajstić information content (AvgIpc) is 3.29. The van der Waals surface area contributed by atoms with Gasteiger partial charge in [0.15, 0.2) is 5.76 Å². The van der Waals surface area contributed by atoms with E-state index in [4.69, 9.17) is 4.42 Å². The van der Waals surface area contributed by atoms with Crippen molar-refractivity contribution in [1.82, 2.24) is 10.3 Å².